The fourth-order valence-corrected chi connectivity index (χ4v) is 2.77. The van der Waals surface area contributed by atoms with E-state index in [1.807, 2.05) is 4.90 Å². The van der Waals surface area contributed by atoms with Crippen LogP contribution in [0.1, 0.15) is 19.3 Å². The lowest BCUT2D eigenvalue weighted by Gasteiger charge is -2.37. The third kappa shape index (κ3) is 2.40. The Morgan fingerprint density at radius 2 is 2.24 bits per heavy atom. The fraction of sp³-hybridized carbons (Fsp3) is 0.429. The van der Waals surface area contributed by atoms with Gasteiger partial charge in [0, 0.05) is 44.6 Å². The molecule has 1 aromatic rings. The summed E-state index contributed by atoms with van der Waals surface area (Å²) in [5.74, 6) is 2.92. The number of oxime groups is 1. The first-order valence-corrected chi connectivity index (χ1v) is 6.70. The van der Waals surface area contributed by atoms with Gasteiger partial charge >= 0.3 is 5.69 Å². The Kier molecular flexibility index (Phi) is 3.22. The van der Waals surface area contributed by atoms with E-state index in [-0.39, 0.29) is 11.3 Å². The van der Waals surface area contributed by atoms with Crippen LogP contribution in [0.4, 0.5) is 11.5 Å². The van der Waals surface area contributed by atoms with Crippen molar-refractivity contribution >= 4 is 17.2 Å². The molecule has 2 aliphatic heterocycles. The van der Waals surface area contributed by atoms with Gasteiger partial charge in [-0.1, -0.05) is 11.1 Å². The standard InChI is InChI=1S/C14H14N4O3/c1-2-11-10-14(21-16-11)5-8-17(9-6-14)13-12(18(19)20)4-3-7-15-13/h1,3-4,7H,5-6,8-10H2. The normalized spacial score (nSPS) is 19.8. The van der Waals surface area contributed by atoms with Crippen molar-refractivity contribution in [2.24, 2.45) is 5.16 Å². The summed E-state index contributed by atoms with van der Waals surface area (Å²) < 4.78 is 0. The van der Waals surface area contributed by atoms with Crippen molar-refractivity contribution < 1.29 is 9.76 Å². The Balaban J connectivity index is 1.73. The van der Waals surface area contributed by atoms with E-state index in [4.69, 9.17) is 11.3 Å². The van der Waals surface area contributed by atoms with E-state index in [0.717, 1.165) is 12.8 Å². The van der Waals surface area contributed by atoms with E-state index in [0.29, 0.717) is 31.0 Å². The highest BCUT2D eigenvalue weighted by Crippen LogP contribution is 2.37. The van der Waals surface area contributed by atoms with Crippen LogP contribution in [0.25, 0.3) is 0 Å². The van der Waals surface area contributed by atoms with Crippen molar-refractivity contribution in [3.8, 4) is 12.3 Å². The van der Waals surface area contributed by atoms with Gasteiger partial charge in [0.1, 0.15) is 11.3 Å². The molecule has 1 spiro atoms. The molecule has 1 saturated heterocycles. The van der Waals surface area contributed by atoms with Crippen LogP contribution in [0.15, 0.2) is 23.5 Å². The highest BCUT2D eigenvalue weighted by molar-refractivity contribution is 6.00. The van der Waals surface area contributed by atoms with Gasteiger partial charge in [-0.05, 0) is 6.07 Å². The second kappa shape index (κ2) is 5.05. The minimum absolute atomic E-state index is 0.0290. The second-order valence-corrected chi connectivity index (χ2v) is 5.22. The first-order valence-electron chi connectivity index (χ1n) is 6.70. The van der Waals surface area contributed by atoms with Gasteiger partial charge in [0.2, 0.25) is 5.82 Å². The maximum atomic E-state index is 11.1. The number of nitrogens with zero attached hydrogens (tertiary/aromatic N) is 4. The molecule has 0 saturated carbocycles. The maximum Gasteiger partial charge on any atom is 0.311 e. The molecule has 7 heteroatoms. The Bertz CT molecular complexity index is 642. The van der Waals surface area contributed by atoms with Crippen LogP contribution in [-0.4, -0.2) is 34.3 Å². The van der Waals surface area contributed by atoms with Crippen LogP contribution in [-0.2, 0) is 4.84 Å². The predicted molar refractivity (Wildman–Crippen MR) is 77.0 cm³/mol. The Labute approximate surface area is 121 Å². The van der Waals surface area contributed by atoms with Crippen molar-refractivity contribution in [2.75, 3.05) is 18.0 Å². The zero-order valence-corrected chi connectivity index (χ0v) is 11.4. The van der Waals surface area contributed by atoms with Crippen LogP contribution < -0.4 is 4.90 Å². The Morgan fingerprint density at radius 1 is 1.48 bits per heavy atom. The smallest absolute Gasteiger partial charge is 0.311 e. The maximum absolute atomic E-state index is 11.1. The molecule has 0 N–H and O–H groups in total. The minimum atomic E-state index is -0.404. The number of rotatable bonds is 2. The minimum Gasteiger partial charge on any atom is -0.388 e. The molecule has 3 heterocycles. The van der Waals surface area contributed by atoms with Crippen LogP contribution >= 0.6 is 0 Å². The number of hydrogen-bond donors (Lipinski definition) is 0. The average Bonchev–Trinajstić information content (AvgIpc) is 2.91. The zero-order valence-electron chi connectivity index (χ0n) is 11.4. The second-order valence-electron chi connectivity index (χ2n) is 5.22. The molecular weight excluding hydrogens is 272 g/mol. The molecule has 0 unspecified atom stereocenters. The van der Waals surface area contributed by atoms with Gasteiger partial charge in [0.05, 0.1) is 4.92 Å². The van der Waals surface area contributed by atoms with E-state index < -0.39 is 4.92 Å². The van der Waals surface area contributed by atoms with E-state index in [1.54, 1.807) is 12.3 Å². The third-order valence-corrected chi connectivity index (χ3v) is 3.94. The summed E-state index contributed by atoms with van der Waals surface area (Å²) in [4.78, 5) is 22.2. The van der Waals surface area contributed by atoms with Crippen LogP contribution in [0.5, 0.6) is 0 Å². The van der Waals surface area contributed by atoms with Gasteiger partial charge in [-0.3, -0.25) is 10.1 Å². The summed E-state index contributed by atoms with van der Waals surface area (Å²) in [6, 6.07) is 3.04. The third-order valence-electron chi connectivity index (χ3n) is 3.94. The predicted octanol–water partition coefficient (Wildman–Crippen LogP) is 1.74. The summed E-state index contributed by atoms with van der Waals surface area (Å²) >= 11 is 0. The van der Waals surface area contributed by atoms with Gasteiger partial charge in [0.25, 0.3) is 0 Å². The van der Waals surface area contributed by atoms with Gasteiger partial charge in [-0.2, -0.15) is 0 Å². The number of pyridine rings is 1. The van der Waals surface area contributed by atoms with Gasteiger partial charge in [0.15, 0.2) is 0 Å². The number of anilines is 1. The van der Waals surface area contributed by atoms with E-state index in [1.165, 1.54) is 6.07 Å². The van der Waals surface area contributed by atoms with E-state index in [2.05, 4.69) is 16.1 Å². The SMILES string of the molecule is C#CC1=NOC2(CCN(c3ncccc3[N+](=O)[O-])CC2)C1. The molecule has 0 aromatic carbocycles. The molecule has 1 fully saturated rings. The molecule has 2 aliphatic rings. The number of nitro groups is 1. The monoisotopic (exact) mass is 286 g/mol. The van der Waals surface area contributed by atoms with Gasteiger partial charge < -0.3 is 9.74 Å². The highest BCUT2D eigenvalue weighted by Gasteiger charge is 2.42. The number of aromatic nitrogens is 1. The van der Waals surface area contributed by atoms with Crippen molar-refractivity contribution in [1.29, 1.82) is 0 Å². The Morgan fingerprint density at radius 3 is 2.86 bits per heavy atom. The summed E-state index contributed by atoms with van der Waals surface area (Å²) in [7, 11) is 0. The molecule has 0 radical (unpaired) electrons. The number of piperidine rings is 1. The molecule has 108 valence electrons. The van der Waals surface area contributed by atoms with Crippen molar-refractivity contribution in [3.05, 3.63) is 28.4 Å². The molecule has 0 bridgehead atoms. The lowest BCUT2D eigenvalue weighted by atomic mass is 9.87. The molecule has 0 aliphatic carbocycles. The van der Waals surface area contributed by atoms with Crippen LogP contribution in [0.3, 0.4) is 0 Å². The van der Waals surface area contributed by atoms with Crippen LogP contribution in [0, 0.1) is 22.5 Å². The Hall–Kier alpha value is -2.62. The molecular formula is C14H14N4O3. The van der Waals surface area contributed by atoms with Crippen molar-refractivity contribution in [3.63, 3.8) is 0 Å². The lowest BCUT2D eigenvalue weighted by molar-refractivity contribution is -0.384. The molecule has 1 aromatic heterocycles. The summed E-state index contributed by atoms with van der Waals surface area (Å²) in [5.41, 5.74) is 0.315. The van der Waals surface area contributed by atoms with Crippen LogP contribution in [0.2, 0.25) is 0 Å². The summed E-state index contributed by atoms with van der Waals surface area (Å²) in [6.45, 7) is 1.26. The number of hydrogen-bond acceptors (Lipinski definition) is 6. The topological polar surface area (TPSA) is 80.9 Å². The van der Waals surface area contributed by atoms with E-state index >= 15 is 0 Å². The first kappa shape index (κ1) is 13.4. The molecule has 7 nitrogen and oxygen atoms in total. The molecule has 0 amide bonds. The first-order chi connectivity index (χ1) is 10.1. The summed E-state index contributed by atoms with van der Waals surface area (Å²) in [6.07, 6.45) is 8.98. The highest BCUT2D eigenvalue weighted by atomic mass is 16.7. The van der Waals surface area contributed by atoms with Crippen molar-refractivity contribution in [2.45, 2.75) is 24.9 Å². The van der Waals surface area contributed by atoms with Gasteiger partial charge in [-0.25, -0.2) is 4.98 Å². The van der Waals surface area contributed by atoms with E-state index in [9.17, 15) is 10.1 Å². The zero-order chi connectivity index (χ0) is 14.9. The quantitative estimate of drug-likeness (QED) is 0.470. The number of terminal acetylenes is 1. The molecule has 3 rings (SSSR count). The largest absolute Gasteiger partial charge is 0.388 e. The fourth-order valence-electron chi connectivity index (χ4n) is 2.77. The molecule has 0 atom stereocenters. The summed E-state index contributed by atoms with van der Waals surface area (Å²) in [5, 5.41) is 15.0. The lowest BCUT2D eigenvalue weighted by Crippen LogP contribution is -2.45. The van der Waals surface area contributed by atoms with Gasteiger partial charge in [-0.15, -0.1) is 6.42 Å². The molecule has 21 heavy (non-hydrogen) atoms. The average molecular weight is 286 g/mol. The van der Waals surface area contributed by atoms with Crippen molar-refractivity contribution in [1.82, 2.24) is 4.98 Å².